The zero-order valence-corrected chi connectivity index (χ0v) is 46.8. The van der Waals surface area contributed by atoms with Gasteiger partial charge in [0.25, 0.3) is 105 Å². The Hall–Kier alpha value is -8.25. The van der Waals surface area contributed by atoms with Crippen molar-refractivity contribution in [1.29, 1.82) is 0 Å². The van der Waals surface area contributed by atoms with Gasteiger partial charge in [-0.3, -0.25) is 55.6 Å². The highest BCUT2D eigenvalue weighted by Gasteiger charge is 2.30. The summed E-state index contributed by atoms with van der Waals surface area (Å²) in [6.07, 6.45) is 0. The Labute approximate surface area is 472 Å². The standard InChI is InChI=1S/C41H32N6O29S8/c48-37(42-23-1-5-29(77(53,54)55)33(15-23)81(65,66)67)19-9-20(38(49)43-24-2-6-30(78(56,57)58)34(16-24)82(68,69)70)12-27(11-19)46-41(52)47-28-13-21(39(50)44-25-3-7-31(79(59,60)61)35(17-25)83(71,72)73)10-22(14-28)40(51)45-26-4-8-32(80(62,63)64)36(18-26)84(74,75)76/h1-18H,(H,42,48)(H,43,49)(H,44,50)(H,45,51)(H2,46,47,52)(H,53,54,55)(H,56,57,58)(H,59,60,61)(H,62,63,64)(H,65,66,67)(H,68,69,70)(H,71,72,73)(H,74,75,76). The summed E-state index contributed by atoms with van der Waals surface area (Å²) >= 11 is 0. The molecule has 0 aromatic heterocycles. The summed E-state index contributed by atoms with van der Waals surface area (Å²) in [5, 5.41) is 12.6. The first-order valence-corrected chi connectivity index (χ1v) is 32.7. The maximum atomic E-state index is 13.8. The van der Waals surface area contributed by atoms with Crippen molar-refractivity contribution in [1.82, 2.24) is 0 Å². The lowest BCUT2D eigenvalue weighted by molar-refractivity contribution is 0.101. The predicted octanol–water partition coefficient (Wildman–Crippen LogP) is 2.31. The number of hydrogen-bond donors (Lipinski definition) is 14. The fraction of sp³-hybridized carbons (Fsp3) is 0. The van der Waals surface area contributed by atoms with E-state index in [-0.39, 0.29) is 0 Å². The molecular weight excluding hydrogens is 1300 g/mol. The van der Waals surface area contributed by atoms with E-state index >= 15 is 0 Å². The summed E-state index contributed by atoms with van der Waals surface area (Å²) in [4.78, 5) is 57.6. The lowest BCUT2D eigenvalue weighted by Gasteiger charge is -2.15. The summed E-state index contributed by atoms with van der Waals surface area (Å²) in [5.41, 5.74) is -6.64. The van der Waals surface area contributed by atoms with E-state index in [1.54, 1.807) is 0 Å². The summed E-state index contributed by atoms with van der Waals surface area (Å²) in [6, 6.07) is 9.05. The first kappa shape index (κ1) is 64.9. The average Bonchev–Trinajstić information content (AvgIpc) is 1.69. The lowest BCUT2D eigenvalue weighted by Crippen LogP contribution is -2.23. The molecule has 0 unspecified atom stereocenters. The van der Waals surface area contributed by atoms with Gasteiger partial charge >= 0.3 is 6.03 Å². The molecule has 0 heterocycles. The number of nitrogens with one attached hydrogen (secondary N) is 6. The van der Waals surface area contributed by atoms with Gasteiger partial charge < -0.3 is 31.9 Å². The minimum Gasteiger partial charge on any atom is -0.322 e. The first-order chi connectivity index (χ1) is 38.2. The normalized spacial score (nSPS) is 12.6. The smallest absolute Gasteiger partial charge is 0.322 e. The zero-order valence-electron chi connectivity index (χ0n) is 40.3. The van der Waals surface area contributed by atoms with Crippen molar-refractivity contribution in [2.24, 2.45) is 0 Å². The molecule has 0 aliphatic heterocycles. The third kappa shape index (κ3) is 16.1. The second-order valence-corrected chi connectivity index (χ2v) is 27.6. The van der Waals surface area contributed by atoms with Crippen LogP contribution < -0.4 is 31.9 Å². The van der Waals surface area contributed by atoms with Crippen molar-refractivity contribution in [3.05, 3.63) is 131 Å². The van der Waals surface area contributed by atoms with Crippen LogP contribution in [0.1, 0.15) is 41.4 Å². The Morgan fingerprint density at radius 1 is 0.226 bits per heavy atom. The molecular formula is C41H32N6O29S8. The molecule has 35 nitrogen and oxygen atoms in total. The van der Waals surface area contributed by atoms with Crippen LogP contribution in [0.5, 0.6) is 0 Å². The molecule has 0 aliphatic carbocycles. The summed E-state index contributed by atoms with van der Waals surface area (Å²) < 4.78 is 268. The van der Waals surface area contributed by atoms with Crippen LogP contribution in [0.3, 0.4) is 0 Å². The molecule has 6 aromatic rings. The van der Waals surface area contributed by atoms with Gasteiger partial charge in [-0.1, -0.05) is 0 Å². The van der Waals surface area contributed by atoms with Gasteiger partial charge in [0.15, 0.2) is 0 Å². The monoisotopic (exact) mass is 1330 g/mol. The highest BCUT2D eigenvalue weighted by Crippen LogP contribution is 2.31. The van der Waals surface area contributed by atoms with Gasteiger partial charge in [0, 0.05) is 56.4 Å². The number of hydrogen-bond acceptors (Lipinski definition) is 21. The van der Waals surface area contributed by atoms with Crippen molar-refractivity contribution in [3.8, 4) is 0 Å². The van der Waals surface area contributed by atoms with E-state index in [1.807, 2.05) is 0 Å². The van der Waals surface area contributed by atoms with Crippen molar-refractivity contribution >= 4 is 145 Å². The van der Waals surface area contributed by atoms with Crippen molar-refractivity contribution in [2.75, 3.05) is 31.9 Å². The van der Waals surface area contributed by atoms with E-state index in [0.29, 0.717) is 72.8 Å². The molecule has 6 rings (SSSR count). The zero-order chi connectivity index (χ0) is 63.2. The Morgan fingerprint density at radius 2 is 0.405 bits per heavy atom. The molecule has 0 radical (unpaired) electrons. The third-order valence-corrected chi connectivity index (χ3v) is 18.2. The number of anilines is 6. The number of amides is 6. The van der Waals surface area contributed by atoms with Gasteiger partial charge in [-0.15, -0.1) is 0 Å². The van der Waals surface area contributed by atoms with Crippen LogP contribution in [0.2, 0.25) is 0 Å². The number of urea groups is 1. The van der Waals surface area contributed by atoms with Gasteiger partial charge in [-0.25, -0.2) is 4.79 Å². The second kappa shape index (κ2) is 23.1. The minimum absolute atomic E-state index is 0.359. The first-order valence-electron chi connectivity index (χ1n) is 21.2. The molecule has 84 heavy (non-hydrogen) atoms. The Balaban J connectivity index is 1.43. The van der Waals surface area contributed by atoms with Crippen LogP contribution in [-0.2, 0) is 80.9 Å². The highest BCUT2D eigenvalue weighted by molar-refractivity contribution is 7.90. The summed E-state index contributed by atoms with van der Waals surface area (Å²) in [6.45, 7) is 0. The number of carbonyl (C=O) groups is 5. The molecule has 43 heteroatoms. The molecule has 0 atom stereocenters. The Bertz CT molecular complexity index is 4240. The summed E-state index contributed by atoms with van der Waals surface area (Å²) in [7, 11) is -43.3. The van der Waals surface area contributed by atoms with Crippen molar-refractivity contribution < 1.29 is 128 Å². The van der Waals surface area contributed by atoms with Gasteiger partial charge in [0.2, 0.25) is 0 Å². The minimum atomic E-state index is -5.48. The highest BCUT2D eigenvalue weighted by atomic mass is 32.3. The quantitative estimate of drug-likeness (QED) is 0.0549. The molecule has 0 saturated carbocycles. The fourth-order valence-corrected chi connectivity index (χ4v) is 14.2. The van der Waals surface area contributed by atoms with E-state index in [0.717, 1.165) is 36.4 Å². The van der Waals surface area contributed by atoms with Crippen LogP contribution in [0, 0.1) is 0 Å². The van der Waals surface area contributed by atoms with E-state index in [9.17, 15) is 128 Å². The Kier molecular flexibility index (Phi) is 17.8. The summed E-state index contributed by atoms with van der Waals surface area (Å²) in [5.74, 6) is -5.49. The average molecular weight is 1330 g/mol. The molecule has 14 N–H and O–H groups in total. The fourth-order valence-electron chi connectivity index (χ4n) is 7.03. The molecule has 0 spiro atoms. The van der Waals surface area contributed by atoms with E-state index < -0.39 is 206 Å². The Morgan fingerprint density at radius 3 is 0.571 bits per heavy atom. The molecule has 0 saturated heterocycles. The SMILES string of the molecule is O=C(Nc1cc(C(=O)Nc2ccc(S(=O)(=O)O)c(S(=O)(=O)O)c2)cc(C(=O)Nc2ccc(S(=O)(=O)O)c(S(=O)(=O)O)c2)c1)Nc1cc(C(=O)Nc2ccc(S(=O)(=O)O)c(S(=O)(=O)O)c2)cc(C(=O)Nc2ccc(S(=O)(=O)O)c(S(=O)(=O)O)c2)c1. The van der Waals surface area contributed by atoms with E-state index in [1.165, 1.54) is 0 Å². The van der Waals surface area contributed by atoms with Gasteiger partial charge in [-0.05, 0) is 109 Å². The van der Waals surface area contributed by atoms with Gasteiger partial charge in [-0.2, -0.15) is 67.3 Å². The van der Waals surface area contributed by atoms with Crippen LogP contribution in [-0.4, -0.2) is 133 Å². The van der Waals surface area contributed by atoms with Crippen LogP contribution in [0.15, 0.2) is 148 Å². The molecule has 0 bridgehead atoms. The third-order valence-electron chi connectivity index (χ3n) is 10.5. The van der Waals surface area contributed by atoms with E-state index in [2.05, 4.69) is 31.9 Å². The topological polar surface area (TPSA) is 592 Å². The predicted molar refractivity (Wildman–Crippen MR) is 282 cm³/mol. The number of carbonyl (C=O) groups excluding carboxylic acids is 5. The van der Waals surface area contributed by atoms with Crippen LogP contribution in [0.25, 0.3) is 0 Å². The molecule has 0 fully saturated rings. The van der Waals surface area contributed by atoms with Gasteiger partial charge in [0.1, 0.15) is 39.2 Å². The second-order valence-electron chi connectivity index (χ2n) is 16.4. The number of rotatable bonds is 18. The van der Waals surface area contributed by atoms with Crippen molar-refractivity contribution in [3.63, 3.8) is 0 Å². The van der Waals surface area contributed by atoms with Gasteiger partial charge in [0.05, 0.1) is 0 Å². The maximum Gasteiger partial charge on any atom is 0.323 e. The number of benzene rings is 6. The van der Waals surface area contributed by atoms with Crippen molar-refractivity contribution in [2.45, 2.75) is 39.2 Å². The van der Waals surface area contributed by atoms with Crippen LogP contribution >= 0.6 is 0 Å². The molecule has 6 aromatic carbocycles. The van der Waals surface area contributed by atoms with Crippen LogP contribution in [0.4, 0.5) is 38.9 Å². The molecule has 0 aliphatic rings. The lowest BCUT2D eigenvalue weighted by atomic mass is 10.1. The molecule has 448 valence electrons. The largest absolute Gasteiger partial charge is 0.323 e. The molecule has 6 amide bonds. The maximum absolute atomic E-state index is 13.8. The van der Waals surface area contributed by atoms with E-state index in [4.69, 9.17) is 0 Å².